The molecule has 0 heterocycles. The number of hydrogen-bond donors (Lipinski definition) is 1. The van der Waals surface area contributed by atoms with Crippen LogP contribution in [0.15, 0.2) is 48.5 Å². The maximum Gasteiger partial charge on any atom is 0.306 e. The number of aliphatic carboxylic acids is 1. The minimum absolute atomic E-state index is 0.392. The standard InChI is InChI=1S/C21H24O4/c1-14(21(22)23)9-15-5-3-8-19(10-15)25-13-17-12-20(17)16-6-4-7-18(11-16)24-2/h3-8,10-11,14,17,20H,9,12-13H2,1-2H3,(H,22,23). The maximum atomic E-state index is 11.0. The first-order valence-corrected chi connectivity index (χ1v) is 8.65. The van der Waals surface area contributed by atoms with E-state index >= 15 is 0 Å². The van der Waals surface area contributed by atoms with Gasteiger partial charge in [-0.25, -0.2) is 0 Å². The Morgan fingerprint density at radius 1 is 1.20 bits per heavy atom. The van der Waals surface area contributed by atoms with Crippen LogP contribution in [0.2, 0.25) is 0 Å². The van der Waals surface area contributed by atoms with E-state index in [1.165, 1.54) is 5.56 Å². The number of benzene rings is 2. The van der Waals surface area contributed by atoms with Crippen LogP contribution in [-0.4, -0.2) is 24.8 Å². The van der Waals surface area contributed by atoms with Crippen molar-refractivity contribution in [1.29, 1.82) is 0 Å². The SMILES string of the molecule is COc1cccc(C2CC2COc2cccc(CC(C)C(=O)O)c2)c1. The predicted molar refractivity (Wildman–Crippen MR) is 96.3 cm³/mol. The Morgan fingerprint density at radius 3 is 2.72 bits per heavy atom. The molecule has 1 N–H and O–H groups in total. The van der Waals surface area contributed by atoms with E-state index in [0.29, 0.717) is 24.9 Å². The second kappa shape index (κ2) is 7.60. The van der Waals surface area contributed by atoms with E-state index in [9.17, 15) is 4.79 Å². The summed E-state index contributed by atoms with van der Waals surface area (Å²) in [7, 11) is 1.69. The number of methoxy groups -OCH3 is 1. The third-order valence-corrected chi connectivity index (χ3v) is 4.77. The first-order valence-electron chi connectivity index (χ1n) is 8.65. The molecule has 1 fully saturated rings. The second-order valence-corrected chi connectivity index (χ2v) is 6.78. The first-order chi connectivity index (χ1) is 12.1. The average molecular weight is 340 g/mol. The number of carbonyl (C=O) groups is 1. The molecule has 0 amide bonds. The van der Waals surface area contributed by atoms with Crippen molar-refractivity contribution >= 4 is 5.97 Å². The van der Waals surface area contributed by atoms with E-state index in [1.54, 1.807) is 14.0 Å². The highest BCUT2D eigenvalue weighted by atomic mass is 16.5. The van der Waals surface area contributed by atoms with Gasteiger partial charge in [0, 0.05) is 5.92 Å². The fourth-order valence-electron chi connectivity index (χ4n) is 3.12. The van der Waals surface area contributed by atoms with Gasteiger partial charge in [-0.05, 0) is 54.2 Å². The molecule has 1 aliphatic rings. The highest BCUT2D eigenvalue weighted by Gasteiger charge is 2.39. The van der Waals surface area contributed by atoms with Crippen molar-refractivity contribution in [3.05, 3.63) is 59.7 Å². The lowest BCUT2D eigenvalue weighted by molar-refractivity contribution is -0.141. The molecular weight excluding hydrogens is 316 g/mol. The molecule has 132 valence electrons. The van der Waals surface area contributed by atoms with Gasteiger partial charge in [-0.2, -0.15) is 0 Å². The molecule has 3 rings (SSSR count). The summed E-state index contributed by atoms with van der Waals surface area (Å²) in [6, 6.07) is 16.0. The minimum Gasteiger partial charge on any atom is -0.497 e. The van der Waals surface area contributed by atoms with Gasteiger partial charge in [0.05, 0.1) is 19.6 Å². The summed E-state index contributed by atoms with van der Waals surface area (Å²) >= 11 is 0. The molecular formula is C21H24O4. The van der Waals surface area contributed by atoms with Crippen LogP contribution in [0.3, 0.4) is 0 Å². The van der Waals surface area contributed by atoms with Crippen LogP contribution >= 0.6 is 0 Å². The molecule has 0 saturated heterocycles. The van der Waals surface area contributed by atoms with Crippen molar-refractivity contribution in [2.75, 3.05) is 13.7 Å². The molecule has 1 aliphatic carbocycles. The highest BCUT2D eigenvalue weighted by molar-refractivity contribution is 5.69. The minimum atomic E-state index is -0.773. The fourth-order valence-corrected chi connectivity index (χ4v) is 3.12. The van der Waals surface area contributed by atoms with Gasteiger partial charge >= 0.3 is 5.97 Å². The Kier molecular flexibility index (Phi) is 5.27. The van der Waals surface area contributed by atoms with Gasteiger partial charge in [-0.3, -0.25) is 4.79 Å². The van der Waals surface area contributed by atoms with E-state index in [2.05, 4.69) is 12.1 Å². The van der Waals surface area contributed by atoms with Gasteiger partial charge in [0.1, 0.15) is 11.5 Å². The topological polar surface area (TPSA) is 55.8 Å². The van der Waals surface area contributed by atoms with E-state index in [4.69, 9.17) is 14.6 Å². The molecule has 0 aliphatic heterocycles. The van der Waals surface area contributed by atoms with Crippen LogP contribution in [0, 0.1) is 11.8 Å². The average Bonchev–Trinajstić information content (AvgIpc) is 3.40. The second-order valence-electron chi connectivity index (χ2n) is 6.78. The molecule has 3 atom stereocenters. The van der Waals surface area contributed by atoms with Crippen LogP contribution in [0.4, 0.5) is 0 Å². The summed E-state index contributed by atoms with van der Waals surface area (Å²) in [5, 5.41) is 9.03. The summed E-state index contributed by atoms with van der Waals surface area (Å²) in [5.74, 6) is 1.59. The predicted octanol–water partition coefficient (Wildman–Crippen LogP) is 4.14. The third-order valence-electron chi connectivity index (χ3n) is 4.77. The molecule has 2 aromatic carbocycles. The van der Waals surface area contributed by atoms with Crippen molar-refractivity contribution in [2.45, 2.75) is 25.7 Å². The van der Waals surface area contributed by atoms with Gasteiger partial charge in [0.15, 0.2) is 0 Å². The quantitative estimate of drug-likeness (QED) is 0.785. The largest absolute Gasteiger partial charge is 0.497 e. The molecule has 4 nitrogen and oxygen atoms in total. The van der Waals surface area contributed by atoms with Gasteiger partial charge < -0.3 is 14.6 Å². The monoisotopic (exact) mass is 340 g/mol. The van der Waals surface area contributed by atoms with Crippen molar-refractivity contribution in [1.82, 2.24) is 0 Å². The van der Waals surface area contributed by atoms with Crippen molar-refractivity contribution in [3.63, 3.8) is 0 Å². The van der Waals surface area contributed by atoms with E-state index in [1.807, 2.05) is 36.4 Å². The van der Waals surface area contributed by atoms with Crippen LogP contribution in [0.25, 0.3) is 0 Å². The smallest absolute Gasteiger partial charge is 0.306 e. The third kappa shape index (κ3) is 4.53. The summed E-state index contributed by atoms with van der Waals surface area (Å²) in [6.07, 6.45) is 1.64. The van der Waals surface area contributed by atoms with Crippen molar-refractivity contribution < 1.29 is 19.4 Å². The van der Waals surface area contributed by atoms with E-state index in [0.717, 1.165) is 23.5 Å². The molecule has 4 heteroatoms. The number of rotatable bonds is 8. The number of carboxylic acids is 1. The number of ether oxygens (including phenoxy) is 2. The summed E-state index contributed by atoms with van der Waals surface area (Å²) in [6.45, 7) is 2.40. The highest BCUT2D eigenvalue weighted by Crippen LogP contribution is 2.48. The lowest BCUT2D eigenvalue weighted by Crippen LogP contribution is -2.12. The van der Waals surface area contributed by atoms with Gasteiger partial charge in [0.2, 0.25) is 0 Å². The molecule has 25 heavy (non-hydrogen) atoms. The van der Waals surface area contributed by atoms with Crippen molar-refractivity contribution in [2.24, 2.45) is 11.8 Å². The summed E-state index contributed by atoms with van der Waals surface area (Å²) in [5.41, 5.74) is 2.30. The van der Waals surface area contributed by atoms with Crippen LogP contribution in [-0.2, 0) is 11.2 Å². The lowest BCUT2D eigenvalue weighted by atomic mass is 10.0. The van der Waals surface area contributed by atoms with E-state index in [-0.39, 0.29) is 0 Å². The Morgan fingerprint density at radius 2 is 1.96 bits per heavy atom. The molecule has 0 spiro atoms. The first kappa shape index (κ1) is 17.3. The van der Waals surface area contributed by atoms with Gasteiger partial charge in [-0.1, -0.05) is 31.2 Å². The molecule has 0 radical (unpaired) electrons. The number of carboxylic acid groups (broad SMARTS) is 1. The lowest BCUT2D eigenvalue weighted by Gasteiger charge is -2.10. The Hall–Kier alpha value is -2.49. The molecule has 3 unspecified atom stereocenters. The number of hydrogen-bond acceptors (Lipinski definition) is 3. The molecule has 0 aromatic heterocycles. The normalized spacial score (nSPS) is 19.9. The van der Waals surface area contributed by atoms with Crippen LogP contribution in [0.1, 0.15) is 30.4 Å². The Bertz CT molecular complexity index is 740. The Balaban J connectivity index is 1.53. The summed E-state index contributed by atoms with van der Waals surface area (Å²) < 4.78 is 11.2. The fraction of sp³-hybridized carbons (Fsp3) is 0.381. The van der Waals surface area contributed by atoms with Crippen LogP contribution < -0.4 is 9.47 Å². The maximum absolute atomic E-state index is 11.0. The molecule has 2 aromatic rings. The zero-order valence-electron chi connectivity index (χ0n) is 14.6. The van der Waals surface area contributed by atoms with Gasteiger partial charge in [0.25, 0.3) is 0 Å². The molecule has 1 saturated carbocycles. The zero-order valence-corrected chi connectivity index (χ0v) is 14.6. The van der Waals surface area contributed by atoms with E-state index < -0.39 is 11.9 Å². The zero-order chi connectivity index (χ0) is 17.8. The van der Waals surface area contributed by atoms with Crippen molar-refractivity contribution in [3.8, 4) is 11.5 Å². The van der Waals surface area contributed by atoms with Gasteiger partial charge in [-0.15, -0.1) is 0 Å². The summed E-state index contributed by atoms with van der Waals surface area (Å²) in [4.78, 5) is 11.0. The van der Waals surface area contributed by atoms with Crippen LogP contribution in [0.5, 0.6) is 11.5 Å². The molecule has 0 bridgehead atoms. The Labute approximate surface area is 148 Å².